The number of morpholine rings is 1. The van der Waals surface area contributed by atoms with Crippen LogP contribution in [0.1, 0.15) is 40.2 Å². The minimum absolute atomic E-state index is 0.250. The van der Waals surface area contributed by atoms with E-state index in [1.807, 2.05) is 38.1 Å². The van der Waals surface area contributed by atoms with Gasteiger partial charge in [0, 0.05) is 43.1 Å². The number of rotatable bonds is 9. The number of carbonyl (C=O) groups excluding carboxylic acids is 2. The van der Waals surface area contributed by atoms with Crippen molar-refractivity contribution in [3.05, 3.63) is 46.8 Å². The lowest BCUT2D eigenvalue weighted by Crippen LogP contribution is -2.37. The fraction of sp³-hybridized carbons (Fsp3) is 0.500. The molecule has 1 amide bonds. The first-order valence-corrected chi connectivity index (χ1v) is 10.9. The number of methoxy groups -OCH3 is 1. The molecule has 31 heavy (non-hydrogen) atoms. The fourth-order valence-electron chi connectivity index (χ4n) is 4.40. The van der Waals surface area contributed by atoms with Gasteiger partial charge in [-0.15, -0.1) is 0 Å². The smallest absolute Gasteiger partial charge is 0.305 e. The number of esters is 1. The van der Waals surface area contributed by atoms with Crippen molar-refractivity contribution in [1.82, 2.24) is 9.47 Å². The second-order valence-corrected chi connectivity index (χ2v) is 8.00. The first kappa shape index (κ1) is 23.0. The van der Waals surface area contributed by atoms with Gasteiger partial charge in [-0.1, -0.05) is 24.3 Å². The molecule has 0 atom stereocenters. The summed E-state index contributed by atoms with van der Waals surface area (Å²) in [4.78, 5) is 26.8. The second-order valence-electron chi connectivity index (χ2n) is 8.00. The van der Waals surface area contributed by atoms with E-state index in [0.29, 0.717) is 12.0 Å². The maximum atomic E-state index is 12.5. The molecule has 2 aromatic rings. The Morgan fingerprint density at radius 2 is 1.84 bits per heavy atom. The Balaban J connectivity index is 1.99. The molecule has 0 saturated carbocycles. The SMILES string of the molecule is COC(=O)CCc1c(-c2ccccc2C)c(C(N)=O)c(C)n1CCCN1CCOCC1. The molecule has 0 bridgehead atoms. The van der Waals surface area contributed by atoms with Crippen molar-refractivity contribution < 1.29 is 19.1 Å². The maximum absolute atomic E-state index is 12.5. The normalized spacial score (nSPS) is 14.5. The summed E-state index contributed by atoms with van der Waals surface area (Å²) in [6.45, 7) is 9.12. The van der Waals surface area contributed by atoms with Crippen molar-refractivity contribution in [1.29, 1.82) is 0 Å². The highest BCUT2D eigenvalue weighted by molar-refractivity contribution is 6.02. The molecule has 0 spiro atoms. The van der Waals surface area contributed by atoms with E-state index in [4.69, 9.17) is 15.2 Å². The zero-order valence-electron chi connectivity index (χ0n) is 18.8. The molecule has 1 fully saturated rings. The third-order valence-corrected chi connectivity index (χ3v) is 6.05. The largest absolute Gasteiger partial charge is 0.469 e. The number of benzene rings is 1. The standard InChI is InChI=1S/C24H33N3O4/c1-17-7-4-5-8-19(17)23-20(9-10-21(28)30-3)27(18(2)22(23)24(25)29)12-6-11-26-13-15-31-16-14-26/h4-5,7-8H,6,9-16H2,1-3H3,(H2,25,29). The molecule has 0 aliphatic carbocycles. The van der Waals surface area contributed by atoms with E-state index in [1.54, 1.807) is 0 Å². The van der Waals surface area contributed by atoms with Gasteiger partial charge in [-0.2, -0.15) is 0 Å². The van der Waals surface area contributed by atoms with Crippen molar-refractivity contribution in [2.75, 3.05) is 40.0 Å². The van der Waals surface area contributed by atoms with Crippen molar-refractivity contribution >= 4 is 11.9 Å². The van der Waals surface area contributed by atoms with Crippen LogP contribution in [0.3, 0.4) is 0 Å². The van der Waals surface area contributed by atoms with Gasteiger partial charge in [-0.05, 0) is 37.8 Å². The molecule has 168 valence electrons. The molecule has 7 nitrogen and oxygen atoms in total. The summed E-state index contributed by atoms with van der Waals surface area (Å²) in [5.74, 6) is -0.711. The van der Waals surface area contributed by atoms with E-state index in [9.17, 15) is 9.59 Å². The monoisotopic (exact) mass is 427 g/mol. The van der Waals surface area contributed by atoms with Crippen LogP contribution in [0.4, 0.5) is 0 Å². The average Bonchev–Trinajstić information content (AvgIpc) is 3.04. The zero-order chi connectivity index (χ0) is 22.4. The van der Waals surface area contributed by atoms with Gasteiger partial charge in [-0.3, -0.25) is 14.5 Å². The van der Waals surface area contributed by atoms with Crippen LogP contribution in [-0.2, 0) is 27.2 Å². The predicted molar refractivity (Wildman–Crippen MR) is 120 cm³/mol. The summed E-state index contributed by atoms with van der Waals surface area (Å²) in [7, 11) is 1.39. The summed E-state index contributed by atoms with van der Waals surface area (Å²) < 4.78 is 12.5. The summed E-state index contributed by atoms with van der Waals surface area (Å²) in [5.41, 5.74) is 11.1. The van der Waals surface area contributed by atoms with E-state index < -0.39 is 5.91 Å². The highest BCUT2D eigenvalue weighted by Crippen LogP contribution is 2.35. The highest BCUT2D eigenvalue weighted by Gasteiger charge is 2.26. The Labute approximate surface area is 184 Å². The Morgan fingerprint density at radius 3 is 2.48 bits per heavy atom. The van der Waals surface area contributed by atoms with Gasteiger partial charge in [0.05, 0.1) is 32.3 Å². The van der Waals surface area contributed by atoms with Gasteiger partial charge >= 0.3 is 5.97 Å². The van der Waals surface area contributed by atoms with Gasteiger partial charge < -0.3 is 19.8 Å². The van der Waals surface area contributed by atoms with E-state index in [2.05, 4.69) is 9.47 Å². The minimum Gasteiger partial charge on any atom is -0.469 e. The van der Waals surface area contributed by atoms with E-state index in [-0.39, 0.29) is 12.4 Å². The van der Waals surface area contributed by atoms with Gasteiger partial charge in [0.2, 0.25) is 0 Å². The van der Waals surface area contributed by atoms with Gasteiger partial charge in [0.25, 0.3) is 5.91 Å². The van der Waals surface area contributed by atoms with E-state index in [1.165, 1.54) is 7.11 Å². The third kappa shape index (κ3) is 5.35. The van der Waals surface area contributed by atoms with Crippen LogP contribution in [-0.4, -0.2) is 61.3 Å². The van der Waals surface area contributed by atoms with Crippen LogP contribution in [0.5, 0.6) is 0 Å². The molecule has 1 aromatic heterocycles. The maximum Gasteiger partial charge on any atom is 0.305 e. The molecule has 2 N–H and O–H groups in total. The molecular formula is C24H33N3O4. The Hall–Kier alpha value is -2.64. The second kappa shape index (κ2) is 10.6. The van der Waals surface area contributed by atoms with Crippen LogP contribution in [0, 0.1) is 13.8 Å². The molecule has 0 radical (unpaired) electrons. The van der Waals surface area contributed by atoms with E-state index in [0.717, 1.165) is 73.9 Å². The minimum atomic E-state index is -0.443. The fourth-order valence-corrected chi connectivity index (χ4v) is 4.40. The molecular weight excluding hydrogens is 394 g/mol. The molecule has 3 rings (SSSR count). The molecule has 2 heterocycles. The molecule has 0 unspecified atom stereocenters. The molecule has 1 aromatic carbocycles. The van der Waals surface area contributed by atoms with E-state index >= 15 is 0 Å². The number of carbonyl (C=O) groups is 2. The first-order valence-electron chi connectivity index (χ1n) is 10.9. The average molecular weight is 428 g/mol. The highest BCUT2D eigenvalue weighted by atomic mass is 16.5. The number of aryl methyl sites for hydroxylation is 1. The Bertz CT molecular complexity index is 929. The van der Waals surface area contributed by atoms with Gasteiger partial charge in [0.1, 0.15) is 0 Å². The molecule has 1 saturated heterocycles. The summed E-state index contributed by atoms with van der Waals surface area (Å²) in [6, 6.07) is 7.97. The van der Waals surface area contributed by atoms with Crippen LogP contribution in [0.2, 0.25) is 0 Å². The summed E-state index contributed by atoms with van der Waals surface area (Å²) >= 11 is 0. The number of aromatic nitrogens is 1. The molecule has 1 aliphatic heterocycles. The van der Waals surface area contributed by atoms with Gasteiger partial charge in [-0.25, -0.2) is 0 Å². The van der Waals surface area contributed by atoms with Gasteiger partial charge in [0.15, 0.2) is 0 Å². The number of nitrogens with zero attached hydrogens (tertiary/aromatic N) is 2. The summed E-state index contributed by atoms with van der Waals surface area (Å²) in [5, 5.41) is 0. The number of hydrogen-bond donors (Lipinski definition) is 1. The van der Waals surface area contributed by atoms with Crippen LogP contribution in [0.25, 0.3) is 11.1 Å². The van der Waals surface area contributed by atoms with Crippen LogP contribution < -0.4 is 5.73 Å². The third-order valence-electron chi connectivity index (χ3n) is 6.05. The lowest BCUT2D eigenvalue weighted by atomic mass is 9.94. The predicted octanol–water partition coefficient (Wildman–Crippen LogP) is 2.70. The molecule has 7 heteroatoms. The number of nitrogens with two attached hydrogens (primary N) is 1. The van der Waals surface area contributed by atoms with Crippen molar-refractivity contribution in [3.63, 3.8) is 0 Å². The van der Waals surface area contributed by atoms with Crippen molar-refractivity contribution in [3.8, 4) is 11.1 Å². The number of amides is 1. The first-order chi connectivity index (χ1) is 14.9. The lowest BCUT2D eigenvalue weighted by Gasteiger charge is -2.26. The topological polar surface area (TPSA) is 86.8 Å². The Kier molecular flexibility index (Phi) is 7.87. The number of primary amides is 1. The van der Waals surface area contributed by atoms with Crippen LogP contribution in [0.15, 0.2) is 24.3 Å². The quantitative estimate of drug-likeness (QED) is 0.622. The van der Waals surface area contributed by atoms with Crippen molar-refractivity contribution in [2.45, 2.75) is 39.7 Å². The lowest BCUT2D eigenvalue weighted by molar-refractivity contribution is -0.140. The van der Waals surface area contributed by atoms with Crippen molar-refractivity contribution in [2.24, 2.45) is 5.73 Å². The van der Waals surface area contributed by atoms with Crippen LogP contribution >= 0.6 is 0 Å². The zero-order valence-corrected chi connectivity index (χ0v) is 18.8. The number of ether oxygens (including phenoxy) is 2. The summed E-state index contributed by atoms with van der Waals surface area (Å²) in [6.07, 6.45) is 1.68. The number of hydrogen-bond acceptors (Lipinski definition) is 5. The molecule has 1 aliphatic rings. The Morgan fingerprint density at radius 1 is 1.13 bits per heavy atom.